The number of ether oxygens (including phenoxy) is 1. The Morgan fingerprint density at radius 3 is 2.83 bits per heavy atom. The minimum atomic E-state index is -0.709. The van der Waals surface area contributed by atoms with Crippen LogP contribution in [0.3, 0.4) is 0 Å². The molecule has 1 N–H and O–H groups in total. The number of rotatable bonds is 3. The van der Waals surface area contributed by atoms with Crippen LogP contribution in [-0.2, 0) is 9.53 Å². The predicted octanol–water partition coefficient (Wildman–Crippen LogP) is 0.113. The molecule has 0 radical (unpaired) electrons. The molecular formula is C8H16O3Si. The van der Waals surface area contributed by atoms with Crippen LogP contribution < -0.4 is 0 Å². The molecule has 0 spiro atoms. The highest BCUT2D eigenvalue weighted by atomic mass is 28.1. The highest BCUT2D eigenvalue weighted by Crippen LogP contribution is 2.25. The van der Waals surface area contributed by atoms with Gasteiger partial charge in [0, 0.05) is 28.5 Å². The Kier molecular flexibility index (Phi) is 3.28. The van der Waals surface area contributed by atoms with Gasteiger partial charge < -0.3 is 9.84 Å². The number of carboxylic acid groups (broad SMARTS) is 1. The molecule has 3 nitrogen and oxygen atoms in total. The first-order valence-electron chi connectivity index (χ1n) is 4.48. The van der Waals surface area contributed by atoms with Crippen LogP contribution in [0.4, 0.5) is 0 Å². The third-order valence-electron chi connectivity index (χ3n) is 2.42. The van der Waals surface area contributed by atoms with Crippen LogP contribution in [0, 0.1) is 0 Å². The van der Waals surface area contributed by atoms with Crippen molar-refractivity contribution in [3.05, 3.63) is 0 Å². The van der Waals surface area contributed by atoms with Crippen molar-refractivity contribution in [2.24, 2.45) is 0 Å². The number of carbonyl (C=O) groups is 1. The van der Waals surface area contributed by atoms with E-state index in [1.165, 1.54) is 6.42 Å². The van der Waals surface area contributed by atoms with Gasteiger partial charge in [0.2, 0.25) is 0 Å². The van der Waals surface area contributed by atoms with Crippen molar-refractivity contribution in [1.82, 2.24) is 0 Å². The largest absolute Gasteiger partial charge is 0.481 e. The zero-order chi connectivity index (χ0) is 9.03. The Bertz CT molecular complexity index is 164. The average molecular weight is 188 g/mol. The fraction of sp³-hybridized carbons (Fsp3) is 0.875. The van der Waals surface area contributed by atoms with Gasteiger partial charge in [-0.3, -0.25) is 4.79 Å². The third-order valence-corrected chi connectivity index (χ3v) is 3.71. The summed E-state index contributed by atoms with van der Waals surface area (Å²) in [6, 6.07) is 0. The van der Waals surface area contributed by atoms with Gasteiger partial charge in [-0.2, -0.15) is 0 Å². The van der Waals surface area contributed by atoms with Gasteiger partial charge in [0.25, 0.3) is 0 Å². The molecule has 0 aliphatic carbocycles. The highest BCUT2D eigenvalue weighted by molar-refractivity contribution is 6.14. The maximum absolute atomic E-state index is 10.3. The van der Waals surface area contributed by atoms with E-state index in [-0.39, 0.29) is 11.6 Å². The van der Waals surface area contributed by atoms with Crippen LogP contribution in [-0.4, -0.2) is 33.1 Å². The first kappa shape index (κ1) is 9.73. The van der Waals surface area contributed by atoms with E-state index < -0.39 is 5.97 Å². The van der Waals surface area contributed by atoms with E-state index in [0.717, 1.165) is 29.7 Å². The predicted molar refractivity (Wildman–Crippen MR) is 49.3 cm³/mol. The Hall–Kier alpha value is -0.353. The minimum absolute atomic E-state index is 0.0311. The second-order valence-electron chi connectivity index (χ2n) is 3.65. The fourth-order valence-corrected chi connectivity index (χ4v) is 2.37. The minimum Gasteiger partial charge on any atom is -0.481 e. The van der Waals surface area contributed by atoms with Gasteiger partial charge in [0.1, 0.15) is 0 Å². The number of hydrogen-bond acceptors (Lipinski definition) is 2. The van der Waals surface area contributed by atoms with E-state index in [4.69, 9.17) is 9.84 Å². The molecule has 4 heteroatoms. The lowest BCUT2D eigenvalue weighted by Crippen LogP contribution is -2.37. The van der Waals surface area contributed by atoms with E-state index in [0.29, 0.717) is 6.42 Å². The molecular weight excluding hydrogens is 172 g/mol. The normalized spacial score (nSPS) is 30.3. The van der Waals surface area contributed by atoms with Crippen molar-refractivity contribution in [2.45, 2.75) is 37.3 Å². The van der Waals surface area contributed by atoms with Gasteiger partial charge in [-0.15, -0.1) is 0 Å². The summed E-state index contributed by atoms with van der Waals surface area (Å²) < 4.78 is 5.61. The first-order chi connectivity index (χ1) is 5.62. The Morgan fingerprint density at radius 1 is 1.58 bits per heavy atom. The molecule has 12 heavy (non-hydrogen) atoms. The van der Waals surface area contributed by atoms with Crippen molar-refractivity contribution in [3.63, 3.8) is 0 Å². The average Bonchev–Trinajstić information content (AvgIpc) is 2.03. The van der Waals surface area contributed by atoms with Crippen molar-refractivity contribution in [2.75, 3.05) is 6.61 Å². The summed E-state index contributed by atoms with van der Waals surface area (Å²) in [7, 11) is 0.950. The van der Waals surface area contributed by atoms with Gasteiger partial charge in [-0.1, -0.05) is 0 Å². The van der Waals surface area contributed by atoms with Gasteiger partial charge in [0.15, 0.2) is 0 Å². The fourth-order valence-electron chi connectivity index (χ4n) is 1.56. The van der Waals surface area contributed by atoms with Crippen LogP contribution in [0.5, 0.6) is 0 Å². The third kappa shape index (κ3) is 2.95. The van der Waals surface area contributed by atoms with Crippen molar-refractivity contribution in [1.29, 1.82) is 0 Å². The number of aliphatic carboxylic acids is 1. The molecule has 1 unspecified atom stereocenters. The summed E-state index contributed by atoms with van der Waals surface area (Å²) in [4.78, 5) is 10.3. The van der Waals surface area contributed by atoms with E-state index >= 15 is 0 Å². The lowest BCUT2D eigenvalue weighted by Gasteiger charge is -2.33. The Balaban J connectivity index is 2.31. The second kappa shape index (κ2) is 4.05. The monoisotopic (exact) mass is 188 g/mol. The molecule has 0 aromatic carbocycles. The van der Waals surface area contributed by atoms with Crippen LogP contribution in [0.15, 0.2) is 0 Å². The summed E-state index contributed by atoms with van der Waals surface area (Å²) >= 11 is 0. The van der Waals surface area contributed by atoms with E-state index in [1.54, 1.807) is 0 Å². The molecule has 1 rings (SSSR count). The maximum Gasteiger partial charge on any atom is 0.303 e. The summed E-state index contributed by atoms with van der Waals surface area (Å²) in [6.07, 6.45) is 4.35. The first-order valence-corrected chi connectivity index (χ1v) is 5.48. The van der Waals surface area contributed by atoms with E-state index in [9.17, 15) is 4.79 Å². The summed E-state index contributed by atoms with van der Waals surface area (Å²) in [5.41, 5.74) is 0. The lowest BCUT2D eigenvalue weighted by atomic mass is 10.0. The molecule has 0 aromatic rings. The topological polar surface area (TPSA) is 46.5 Å². The molecule has 1 atom stereocenters. The number of carboxylic acids is 1. The second-order valence-corrected chi connectivity index (χ2v) is 5.47. The van der Waals surface area contributed by atoms with Gasteiger partial charge in [-0.05, 0) is 25.7 Å². The Morgan fingerprint density at radius 2 is 2.33 bits per heavy atom. The zero-order valence-electron chi connectivity index (χ0n) is 7.51. The van der Waals surface area contributed by atoms with Gasteiger partial charge in [0.05, 0.1) is 0 Å². The van der Waals surface area contributed by atoms with E-state index in [1.807, 2.05) is 0 Å². The Labute approximate surface area is 75.5 Å². The maximum atomic E-state index is 10.3. The molecule has 1 aliphatic rings. The molecule has 1 aliphatic heterocycles. The molecule has 0 bridgehead atoms. The standard InChI is InChI=1S/C8H16O3Si/c9-7(10)3-5-8(12)4-1-2-6-11-8/h1-6H2,12H3,(H,9,10). The van der Waals surface area contributed by atoms with Crippen molar-refractivity contribution in [3.8, 4) is 0 Å². The SMILES string of the molecule is O=C(O)CCC1([SiH3])CCCCO1. The van der Waals surface area contributed by atoms with Crippen LogP contribution in [0.2, 0.25) is 0 Å². The molecule has 0 aromatic heterocycles. The summed E-state index contributed by atoms with van der Waals surface area (Å²) in [6.45, 7) is 0.823. The molecule has 70 valence electrons. The van der Waals surface area contributed by atoms with Crippen molar-refractivity contribution >= 4 is 16.2 Å². The van der Waals surface area contributed by atoms with Crippen LogP contribution in [0.25, 0.3) is 0 Å². The molecule has 1 fully saturated rings. The molecule has 0 saturated carbocycles. The quantitative estimate of drug-likeness (QED) is 0.640. The lowest BCUT2D eigenvalue weighted by molar-refractivity contribution is -0.138. The van der Waals surface area contributed by atoms with Crippen LogP contribution in [0.1, 0.15) is 32.1 Å². The van der Waals surface area contributed by atoms with E-state index in [2.05, 4.69) is 0 Å². The smallest absolute Gasteiger partial charge is 0.303 e. The molecule has 1 heterocycles. The van der Waals surface area contributed by atoms with Gasteiger partial charge in [-0.25, -0.2) is 0 Å². The molecule has 0 amide bonds. The summed E-state index contributed by atoms with van der Waals surface area (Å²) in [5.74, 6) is -0.709. The highest BCUT2D eigenvalue weighted by Gasteiger charge is 2.27. The zero-order valence-corrected chi connectivity index (χ0v) is 9.51. The summed E-state index contributed by atoms with van der Waals surface area (Å²) in [5, 5.41) is 8.49. The van der Waals surface area contributed by atoms with Gasteiger partial charge >= 0.3 is 5.97 Å². The van der Waals surface area contributed by atoms with Crippen LogP contribution >= 0.6 is 0 Å². The van der Waals surface area contributed by atoms with Crippen molar-refractivity contribution < 1.29 is 14.6 Å². The molecule has 1 saturated heterocycles. The number of hydrogen-bond donors (Lipinski definition) is 1.